The molecule has 0 radical (unpaired) electrons. The summed E-state index contributed by atoms with van der Waals surface area (Å²) in [5.74, 6) is 0.987. The van der Waals surface area contributed by atoms with E-state index in [-0.39, 0.29) is 16.3 Å². The third-order valence-electron chi connectivity index (χ3n) is 3.44. The molecule has 0 aliphatic carbocycles. The van der Waals surface area contributed by atoms with Gasteiger partial charge in [0.1, 0.15) is 5.82 Å². The maximum absolute atomic E-state index is 13.7. The van der Waals surface area contributed by atoms with E-state index in [1.54, 1.807) is 19.1 Å². The van der Waals surface area contributed by atoms with Gasteiger partial charge in [0.15, 0.2) is 17.5 Å². The fourth-order valence-corrected chi connectivity index (χ4v) is 2.24. The Morgan fingerprint density at radius 1 is 0.739 bits per heavy atom. The van der Waals surface area contributed by atoms with Crippen LogP contribution in [0, 0.1) is 42.0 Å². The molecule has 0 spiro atoms. The lowest BCUT2D eigenvalue weighted by Gasteiger charge is -2.02. The minimum atomic E-state index is -1.50. The lowest BCUT2D eigenvalue weighted by Crippen LogP contribution is -1.92. The Bertz CT molecular complexity index is 978. The zero-order valence-corrected chi connectivity index (χ0v) is 12.1. The highest BCUT2D eigenvalue weighted by atomic mass is 19.2. The van der Waals surface area contributed by atoms with Gasteiger partial charge in [0.2, 0.25) is 0 Å². The number of hydrogen-bond acceptors (Lipinski definition) is 0. The van der Waals surface area contributed by atoms with Gasteiger partial charge in [0, 0.05) is 10.9 Å². The van der Waals surface area contributed by atoms with Crippen LogP contribution in [0.5, 0.6) is 0 Å². The maximum atomic E-state index is 13.7. The van der Waals surface area contributed by atoms with E-state index in [0.29, 0.717) is 5.56 Å². The average molecular weight is 314 g/mol. The fourth-order valence-electron chi connectivity index (χ4n) is 2.24. The molecular formula is C19H10F4. The summed E-state index contributed by atoms with van der Waals surface area (Å²) >= 11 is 0. The topological polar surface area (TPSA) is 0 Å². The van der Waals surface area contributed by atoms with Crippen LogP contribution in [-0.4, -0.2) is 0 Å². The molecule has 3 rings (SSSR count). The SMILES string of the molecule is Cc1ccc(C#Cc2ccc3c(F)c(F)c(F)cc3c2)c(F)c1. The minimum absolute atomic E-state index is 0.0315. The monoisotopic (exact) mass is 314 g/mol. The lowest BCUT2D eigenvalue weighted by molar-refractivity contribution is 0.453. The van der Waals surface area contributed by atoms with Crippen LogP contribution in [0.2, 0.25) is 0 Å². The van der Waals surface area contributed by atoms with Crippen LogP contribution in [-0.2, 0) is 0 Å². The van der Waals surface area contributed by atoms with Gasteiger partial charge >= 0.3 is 0 Å². The van der Waals surface area contributed by atoms with Crippen molar-refractivity contribution >= 4 is 10.8 Å². The molecule has 3 aromatic rings. The molecule has 0 unspecified atom stereocenters. The molecule has 0 aliphatic heterocycles. The van der Waals surface area contributed by atoms with Gasteiger partial charge in [-0.25, -0.2) is 17.6 Å². The van der Waals surface area contributed by atoms with Crippen molar-refractivity contribution in [1.82, 2.24) is 0 Å². The van der Waals surface area contributed by atoms with Crippen LogP contribution < -0.4 is 0 Å². The molecule has 0 aliphatic rings. The summed E-state index contributed by atoms with van der Waals surface area (Å²) in [5.41, 5.74) is 1.46. The second kappa shape index (κ2) is 5.77. The standard InChI is InChI=1S/C19H10F4/c1-11-2-5-13(16(20)8-11)6-3-12-4-7-15-14(9-12)10-17(21)19(23)18(15)22/h2,4-5,7-10H,1H3. The lowest BCUT2D eigenvalue weighted by atomic mass is 10.1. The van der Waals surface area contributed by atoms with E-state index < -0.39 is 23.3 Å². The summed E-state index contributed by atoms with van der Waals surface area (Å²) in [7, 11) is 0. The van der Waals surface area contributed by atoms with Crippen LogP contribution in [0.3, 0.4) is 0 Å². The number of rotatable bonds is 0. The molecule has 0 amide bonds. The van der Waals surface area contributed by atoms with Crippen molar-refractivity contribution in [2.75, 3.05) is 0 Å². The summed E-state index contributed by atoms with van der Waals surface area (Å²) < 4.78 is 53.8. The van der Waals surface area contributed by atoms with E-state index in [1.807, 2.05) is 0 Å². The predicted molar refractivity (Wildman–Crippen MR) is 80.9 cm³/mol. The Kier molecular flexibility index (Phi) is 3.79. The Morgan fingerprint density at radius 2 is 1.52 bits per heavy atom. The first-order valence-electron chi connectivity index (χ1n) is 6.81. The molecule has 0 atom stereocenters. The van der Waals surface area contributed by atoms with Crippen molar-refractivity contribution in [2.45, 2.75) is 6.92 Å². The van der Waals surface area contributed by atoms with E-state index in [0.717, 1.165) is 11.6 Å². The summed E-state index contributed by atoms with van der Waals surface area (Å²) in [5, 5.41) is 0.161. The molecule has 0 nitrogen and oxygen atoms in total. The average Bonchev–Trinajstić information content (AvgIpc) is 2.52. The summed E-state index contributed by atoms with van der Waals surface area (Å²) in [6, 6.07) is 9.81. The zero-order chi connectivity index (χ0) is 16.6. The molecule has 0 heterocycles. The van der Waals surface area contributed by atoms with Gasteiger partial charge in [0.05, 0.1) is 5.56 Å². The minimum Gasteiger partial charge on any atom is -0.206 e. The number of halogens is 4. The van der Waals surface area contributed by atoms with Crippen molar-refractivity contribution < 1.29 is 17.6 Å². The number of benzene rings is 3. The second-order valence-electron chi connectivity index (χ2n) is 5.16. The van der Waals surface area contributed by atoms with Crippen molar-refractivity contribution in [3.63, 3.8) is 0 Å². The zero-order valence-electron chi connectivity index (χ0n) is 12.1. The van der Waals surface area contributed by atoms with Crippen LogP contribution >= 0.6 is 0 Å². The van der Waals surface area contributed by atoms with Gasteiger partial charge in [-0.3, -0.25) is 0 Å². The Labute approximate surface area is 130 Å². The highest BCUT2D eigenvalue weighted by Gasteiger charge is 2.13. The van der Waals surface area contributed by atoms with Crippen LogP contribution in [0.4, 0.5) is 17.6 Å². The molecule has 0 saturated heterocycles. The Hall–Kier alpha value is -2.80. The molecule has 3 aromatic carbocycles. The summed E-state index contributed by atoms with van der Waals surface area (Å²) in [6.07, 6.45) is 0. The van der Waals surface area contributed by atoms with E-state index in [2.05, 4.69) is 11.8 Å². The van der Waals surface area contributed by atoms with Crippen LogP contribution in [0.1, 0.15) is 16.7 Å². The highest BCUT2D eigenvalue weighted by Crippen LogP contribution is 2.23. The van der Waals surface area contributed by atoms with E-state index in [4.69, 9.17) is 0 Å². The summed E-state index contributed by atoms with van der Waals surface area (Å²) in [6.45, 7) is 1.77. The molecule has 0 saturated carbocycles. The van der Waals surface area contributed by atoms with Crippen molar-refractivity contribution in [3.05, 3.63) is 82.4 Å². The third-order valence-corrected chi connectivity index (χ3v) is 3.44. The van der Waals surface area contributed by atoms with E-state index >= 15 is 0 Å². The highest BCUT2D eigenvalue weighted by molar-refractivity contribution is 5.84. The van der Waals surface area contributed by atoms with Crippen LogP contribution in [0.25, 0.3) is 10.8 Å². The van der Waals surface area contributed by atoms with Crippen molar-refractivity contribution in [1.29, 1.82) is 0 Å². The molecule has 23 heavy (non-hydrogen) atoms. The third kappa shape index (κ3) is 2.91. The molecular weight excluding hydrogens is 304 g/mol. The first-order chi connectivity index (χ1) is 11.0. The number of aryl methyl sites for hydroxylation is 1. The molecule has 4 heteroatoms. The van der Waals surface area contributed by atoms with E-state index in [9.17, 15) is 17.6 Å². The molecule has 114 valence electrons. The second-order valence-corrected chi connectivity index (χ2v) is 5.16. The Balaban J connectivity index is 2.05. The maximum Gasteiger partial charge on any atom is 0.195 e. The largest absolute Gasteiger partial charge is 0.206 e. The van der Waals surface area contributed by atoms with Crippen LogP contribution in [0.15, 0.2) is 42.5 Å². The van der Waals surface area contributed by atoms with Crippen molar-refractivity contribution in [2.24, 2.45) is 0 Å². The first kappa shape index (κ1) is 15.1. The number of fused-ring (bicyclic) bond motifs is 1. The molecule has 0 aromatic heterocycles. The predicted octanol–water partition coefficient (Wildman–Crippen LogP) is 5.10. The van der Waals surface area contributed by atoms with Crippen molar-refractivity contribution in [3.8, 4) is 11.8 Å². The summed E-state index contributed by atoms with van der Waals surface area (Å²) in [4.78, 5) is 0. The molecule has 0 fully saturated rings. The van der Waals surface area contributed by atoms with Gasteiger partial charge in [-0.2, -0.15) is 0 Å². The van der Waals surface area contributed by atoms with Gasteiger partial charge < -0.3 is 0 Å². The molecule has 0 N–H and O–H groups in total. The number of hydrogen-bond donors (Lipinski definition) is 0. The van der Waals surface area contributed by atoms with Gasteiger partial charge in [-0.15, -0.1) is 0 Å². The fraction of sp³-hybridized carbons (Fsp3) is 0.0526. The Morgan fingerprint density at radius 3 is 2.26 bits per heavy atom. The van der Waals surface area contributed by atoms with Gasteiger partial charge in [0.25, 0.3) is 0 Å². The quantitative estimate of drug-likeness (QED) is 0.307. The normalized spacial score (nSPS) is 10.5. The van der Waals surface area contributed by atoms with Gasteiger partial charge in [-0.1, -0.05) is 24.0 Å². The molecule has 0 bridgehead atoms. The van der Waals surface area contributed by atoms with Gasteiger partial charge in [-0.05, 0) is 48.2 Å². The smallest absolute Gasteiger partial charge is 0.195 e. The van der Waals surface area contributed by atoms with E-state index in [1.165, 1.54) is 24.3 Å². The first-order valence-corrected chi connectivity index (χ1v) is 6.81.